The minimum absolute atomic E-state index is 0.224. The average molecular weight is 376 g/mol. The van der Waals surface area contributed by atoms with Gasteiger partial charge in [-0.05, 0) is 17.5 Å². The Hall–Kier alpha value is -2.37. The van der Waals surface area contributed by atoms with Crippen LogP contribution in [0.15, 0.2) is 24.3 Å². The molecule has 27 heavy (non-hydrogen) atoms. The summed E-state index contributed by atoms with van der Waals surface area (Å²) in [6.45, 7) is 10.5. The Morgan fingerprint density at radius 2 is 1.48 bits per heavy atom. The number of esters is 3. The predicted molar refractivity (Wildman–Crippen MR) is 98.8 cm³/mol. The number of hydrogen-bond acceptors (Lipinski definition) is 6. The molecule has 0 N–H and O–H groups in total. The molecule has 6 nitrogen and oxygen atoms in total. The zero-order valence-corrected chi connectivity index (χ0v) is 16.8. The Kier molecular flexibility index (Phi) is 5.97. The average Bonchev–Trinajstić information content (AvgIpc) is 2.73. The van der Waals surface area contributed by atoms with Gasteiger partial charge in [-0.25, -0.2) is 0 Å². The molecule has 1 fully saturated rings. The molecule has 1 aromatic carbocycles. The third kappa shape index (κ3) is 4.31. The highest BCUT2D eigenvalue weighted by Crippen LogP contribution is 2.55. The fourth-order valence-electron chi connectivity index (χ4n) is 3.91. The van der Waals surface area contributed by atoms with Crippen molar-refractivity contribution in [1.82, 2.24) is 0 Å². The molecule has 0 aliphatic heterocycles. The molecule has 1 aromatic rings. The van der Waals surface area contributed by atoms with Crippen molar-refractivity contribution in [1.29, 1.82) is 0 Å². The zero-order chi connectivity index (χ0) is 20.4. The van der Waals surface area contributed by atoms with Gasteiger partial charge in [0.1, 0.15) is 18.8 Å². The van der Waals surface area contributed by atoms with Crippen LogP contribution >= 0.6 is 0 Å². The highest BCUT2D eigenvalue weighted by atomic mass is 16.6. The van der Waals surface area contributed by atoms with Crippen molar-refractivity contribution in [3.63, 3.8) is 0 Å². The summed E-state index contributed by atoms with van der Waals surface area (Å²) in [6.07, 6.45) is -0.502. The molecule has 0 bridgehead atoms. The number of hydrogen-bond donors (Lipinski definition) is 0. The molecule has 1 aliphatic carbocycles. The van der Waals surface area contributed by atoms with Crippen molar-refractivity contribution >= 4 is 17.9 Å². The van der Waals surface area contributed by atoms with E-state index in [-0.39, 0.29) is 18.0 Å². The van der Waals surface area contributed by atoms with Crippen LogP contribution in [0, 0.1) is 5.41 Å². The lowest BCUT2D eigenvalue weighted by atomic mass is 9.64. The molecular weight excluding hydrogens is 348 g/mol. The first-order chi connectivity index (χ1) is 12.5. The number of carbonyl (C=O) groups is 3. The molecule has 2 rings (SSSR count). The van der Waals surface area contributed by atoms with Gasteiger partial charge in [-0.3, -0.25) is 14.4 Å². The molecule has 1 saturated carbocycles. The topological polar surface area (TPSA) is 78.9 Å². The summed E-state index contributed by atoms with van der Waals surface area (Å²) in [5.74, 6) is -1.11. The van der Waals surface area contributed by atoms with Crippen molar-refractivity contribution in [2.45, 2.75) is 72.2 Å². The van der Waals surface area contributed by atoms with E-state index in [1.165, 1.54) is 20.8 Å². The van der Waals surface area contributed by atoms with Crippen molar-refractivity contribution in [3.8, 4) is 0 Å². The van der Waals surface area contributed by atoms with Gasteiger partial charge in [-0.15, -0.1) is 0 Å². The molecule has 148 valence electrons. The van der Waals surface area contributed by atoms with E-state index >= 15 is 0 Å². The van der Waals surface area contributed by atoms with Crippen LogP contribution in [0.3, 0.4) is 0 Å². The number of benzene rings is 1. The van der Waals surface area contributed by atoms with Crippen LogP contribution in [0.5, 0.6) is 0 Å². The molecule has 6 heteroatoms. The van der Waals surface area contributed by atoms with Crippen LogP contribution in [0.2, 0.25) is 0 Å². The summed E-state index contributed by atoms with van der Waals surface area (Å²) < 4.78 is 16.1. The molecule has 0 heterocycles. The largest absolute Gasteiger partial charge is 0.461 e. The third-order valence-electron chi connectivity index (χ3n) is 5.72. The second-order valence-corrected chi connectivity index (χ2v) is 7.91. The molecular formula is C21H28O6. The van der Waals surface area contributed by atoms with E-state index in [1.807, 2.05) is 38.1 Å². The predicted octanol–water partition coefficient (Wildman–Crippen LogP) is 3.30. The van der Waals surface area contributed by atoms with E-state index in [0.29, 0.717) is 6.42 Å². The first-order valence-corrected chi connectivity index (χ1v) is 9.04. The lowest BCUT2D eigenvalue weighted by Crippen LogP contribution is -2.43. The van der Waals surface area contributed by atoms with E-state index < -0.39 is 29.6 Å². The van der Waals surface area contributed by atoms with Crippen molar-refractivity contribution in [3.05, 3.63) is 35.4 Å². The second-order valence-electron chi connectivity index (χ2n) is 7.91. The quantitative estimate of drug-likeness (QED) is 0.579. The lowest BCUT2D eigenvalue weighted by molar-refractivity contribution is -0.168. The fourth-order valence-corrected chi connectivity index (χ4v) is 3.91. The maximum atomic E-state index is 11.6. The van der Waals surface area contributed by atoms with E-state index in [9.17, 15) is 14.4 Å². The fraction of sp³-hybridized carbons (Fsp3) is 0.571. The second kappa shape index (κ2) is 7.71. The minimum Gasteiger partial charge on any atom is -0.461 e. The Labute approximate surface area is 160 Å². The molecule has 0 unspecified atom stereocenters. The molecule has 0 spiro atoms. The first-order valence-electron chi connectivity index (χ1n) is 9.04. The van der Waals surface area contributed by atoms with E-state index in [4.69, 9.17) is 14.2 Å². The zero-order valence-electron chi connectivity index (χ0n) is 16.8. The highest BCUT2D eigenvalue weighted by molar-refractivity contribution is 5.68. The van der Waals surface area contributed by atoms with Gasteiger partial charge in [0.2, 0.25) is 0 Å². The van der Waals surface area contributed by atoms with Gasteiger partial charge in [0.25, 0.3) is 0 Å². The smallest absolute Gasteiger partial charge is 0.303 e. The summed E-state index contributed by atoms with van der Waals surface area (Å²) in [4.78, 5) is 34.2. The number of ether oxygens (including phenoxy) is 3. The van der Waals surface area contributed by atoms with Crippen molar-refractivity contribution in [2.75, 3.05) is 0 Å². The van der Waals surface area contributed by atoms with Crippen molar-refractivity contribution in [2.24, 2.45) is 5.41 Å². The van der Waals surface area contributed by atoms with Crippen LogP contribution in [0.25, 0.3) is 0 Å². The summed E-state index contributed by atoms with van der Waals surface area (Å²) in [7, 11) is 0. The normalized spacial score (nSPS) is 26.3. The van der Waals surface area contributed by atoms with Gasteiger partial charge >= 0.3 is 17.9 Å². The Morgan fingerprint density at radius 3 is 1.96 bits per heavy atom. The summed E-state index contributed by atoms with van der Waals surface area (Å²) in [5.41, 5.74) is 1.09. The maximum absolute atomic E-state index is 11.6. The monoisotopic (exact) mass is 376 g/mol. The van der Waals surface area contributed by atoms with Crippen LogP contribution in [0.4, 0.5) is 0 Å². The molecule has 0 radical (unpaired) electrons. The van der Waals surface area contributed by atoms with Gasteiger partial charge < -0.3 is 14.2 Å². The summed E-state index contributed by atoms with van der Waals surface area (Å²) in [6, 6.07) is 7.81. The first kappa shape index (κ1) is 20.9. The maximum Gasteiger partial charge on any atom is 0.303 e. The standard InChI is InChI=1S/C21H28O6/c1-13(22)25-12-16-7-9-17(10-8-16)21(6)11-18(26-14(2)23)19(20(21,4)5)27-15(3)24/h7-10,18-19H,11-12H2,1-6H3/t18-,19-,21+/m0/s1. The van der Waals surface area contributed by atoms with Crippen LogP contribution in [-0.2, 0) is 40.6 Å². The Balaban J connectivity index is 2.34. The summed E-state index contributed by atoms with van der Waals surface area (Å²) in [5, 5.41) is 0. The lowest BCUT2D eigenvalue weighted by Gasteiger charge is -2.41. The Bertz CT molecular complexity index is 721. The van der Waals surface area contributed by atoms with Crippen LogP contribution in [0.1, 0.15) is 59.1 Å². The van der Waals surface area contributed by atoms with Gasteiger partial charge in [0.15, 0.2) is 0 Å². The van der Waals surface area contributed by atoms with Gasteiger partial charge in [0.05, 0.1) is 0 Å². The number of carbonyl (C=O) groups excluding carboxylic acids is 3. The molecule has 3 atom stereocenters. The SMILES string of the molecule is CC(=O)OCc1ccc([C@@]2(C)C[C@H](OC(C)=O)[C@H](OC(C)=O)C2(C)C)cc1. The number of rotatable bonds is 5. The molecule has 0 aromatic heterocycles. The Morgan fingerprint density at radius 1 is 0.926 bits per heavy atom. The van der Waals surface area contributed by atoms with Crippen LogP contribution < -0.4 is 0 Å². The summed E-state index contributed by atoms with van der Waals surface area (Å²) >= 11 is 0. The van der Waals surface area contributed by atoms with Gasteiger partial charge in [-0.1, -0.05) is 45.0 Å². The molecule has 1 aliphatic rings. The van der Waals surface area contributed by atoms with Crippen molar-refractivity contribution < 1.29 is 28.6 Å². The van der Waals surface area contributed by atoms with Crippen LogP contribution in [-0.4, -0.2) is 30.1 Å². The van der Waals surface area contributed by atoms with E-state index in [2.05, 4.69) is 6.92 Å². The van der Waals surface area contributed by atoms with Gasteiger partial charge in [0, 0.05) is 31.6 Å². The third-order valence-corrected chi connectivity index (χ3v) is 5.72. The minimum atomic E-state index is -0.537. The highest BCUT2D eigenvalue weighted by Gasteiger charge is 2.60. The molecule has 0 saturated heterocycles. The van der Waals surface area contributed by atoms with E-state index in [0.717, 1.165) is 11.1 Å². The van der Waals surface area contributed by atoms with Gasteiger partial charge in [-0.2, -0.15) is 0 Å². The molecule has 0 amide bonds. The van der Waals surface area contributed by atoms with E-state index in [1.54, 1.807) is 0 Å².